The Morgan fingerprint density at radius 1 is 1.45 bits per heavy atom. The maximum absolute atomic E-state index is 12.1. The SMILES string of the molecule is O=C(NCC1(C(=O)O)CC1)C1CC(=O)N(Cc2ccco2)C1. The molecule has 0 radical (unpaired) electrons. The van der Waals surface area contributed by atoms with Crippen molar-refractivity contribution in [2.45, 2.75) is 25.8 Å². The quantitative estimate of drug-likeness (QED) is 0.802. The Hall–Kier alpha value is -2.31. The van der Waals surface area contributed by atoms with Crippen molar-refractivity contribution >= 4 is 17.8 Å². The molecule has 0 bridgehead atoms. The second-order valence-corrected chi connectivity index (χ2v) is 6.06. The molecule has 2 heterocycles. The molecule has 7 heteroatoms. The minimum atomic E-state index is -0.866. The standard InChI is InChI=1S/C15H18N2O5/c18-12-6-10(7-17(12)8-11-2-1-5-22-11)13(19)16-9-15(3-4-15)14(20)21/h1-2,5,10H,3-4,6-9H2,(H,16,19)(H,20,21). The number of aliphatic carboxylic acids is 1. The molecule has 1 saturated carbocycles. The third-order valence-corrected chi connectivity index (χ3v) is 4.42. The first-order valence-corrected chi connectivity index (χ1v) is 7.31. The molecule has 1 atom stereocenters. The molecule has 1 saturated heterocycles. The zero-order valence-electron chi connectivity index (χ0n) is 12.1. The van der Waals surface area contributed by atoms with Crippen molar-refractivity contribution < 1.29 is 23.9 Å². The van der Waals surface area contributed by atoms with Crippen LogP contribution < -0.4 is 5.32 Å². The molecule has 2 N–H and O–H groups in total. The maximum Gasteiger partial charge on any atom is 0.311 e. The van der Waals surface area contributed by atoms with E-state index < -0.39 is 17.3 Å². The molecule has 1 aliphatic heterocycles. The summed E-state index contributed by atoms with van der Waals surface area (Å²) < 4.78 is 5.21. The van der Waals surface area contributed by atoms with Crippen LogP contribution in [0.4, 0.5) is 0 Å². The monoisotopic (exact) mass is 306 g/mol. The normalized spacial score (nSPS) is 22.6. The van der Waals surface area contributed by atoms with Crippen LogP contribution >= 0.6 is 0 Å². The van der Waals surface area contributed by atoms with Gasteiger partial charge in [0.2, 0.25) is 11.8 Å². The lowest BCUT2D eigenvalue weighted by Crippen LogP contribution is -2.38. The average molecular weight is 306 g/mol. The number of rotatable bonds is 6. The van der Waals surface area contributed by atoms with Crippen molar-refractivity contribution in [1.82, 2.24) is 10.2 Å². The predicted molar refractivity (Wildman–Crippen MR) is 74.5 cm³/mol. The number of hydrogen-bond donors (Lipinski definition) is 2. The summed E-state index contributed by atoms with van der Waals surface area (Å²) in [6.07, 6.45) is 2.89. The maximum atomic E-state index is 12.1. The number of amides is 2. The second-order valence-electron chi connectivity index (χ2n) is 6.06. The van der Waals surface area contributed by atoms with E-state index in [1.807, 2.05) is 0 Å². The number of carboxylic acid groups (broad SMARTS) is 1. The fourth-order valence-corrected chi connectivity index (χ4v) is 2.71. The van der Waals surface area contributed by atoms with Crippen molar-refractivity contribution in [2.24, 2.45) is 11.3 Å². The number of furan rings is 1. The molecule has 1 aliphatic carbocycles. The molecule has 2 amide bonds. The van der Waals surface area contributed by atoms with E-state index in [0.29, 0.717) is 31.7 Å². The van der Waals surface area contributed by atoms with Gasteiger partial charge in [0.25, 0.3) is 0 Å². The van der Waals surface area contributed by atoms with Gasteiger partial charge in [0.1, 0.15) is 5.76 Å². The number of carbonyl (C=O) groups excluding carboxylic acids is 2. The lowest BCUT2D eigenvalue weighted by Gasteiger charge is -2.16. The van der Waals surface area contributed by atoms with Gasteiger partial charge in [0, 0.05) is 19.5 Å². The fourth-order valence-electron chi connectivity index (χ4n) is 2.71. The van der Waals surface area contributed by atoms with Crippen LogP contribution in [0, 0.1) is 11.3 Å². The van der Waals surface area contributed by atoms with E-state index >= 15 is 0 Å². The highest BCUT2D eigenvalue weighted by Gasteiger charge is 2.50. The summed E-state index contributed by atoms with van der Waals surface area (Å²) in [5.41, 5.74) is -0.786. The van der Waals surface area contributed by atoms with Crippen molar-refractivity contribution in [1.29, 1.82) is 0 Å². The number of carboxylic acids is 1. The van der Waals surface area contributed by atoms with E-state index in [1.54, 1.807) is 23.3 Å². The Kier molecular flexibility index (Phi) is 3.64. The number of carbonyl (C=O) groups is 3. The molecule has 1 aromatic heterocycles. The zero-order valence-corrected chi connectivity index (χ0v) is 12.1. The molecule has 3 rings (SSSR count). The van der Waals surface area contributed by atoms with Gasteiger partial charge in [-0.2, -0.15) is 0 Å². The van der Waals surface area contributed by atoms with Gasteiger partial charge in [0.05, 0.1) is 24.1 Å². The van der Waals surface area contributed by atoms with Crippen LogP contribution in [0.5, 0.6) is 0 Å². The van der Waals surface area contributed by atoms with Crippen molar-refractivity contribution in [2.75, 3.05) is 13.1 Å². The summed E-state index contributed by atoms with van der Waals surface area (Å²) in [5.74, 6) is -0.947. The van der Waals surface area contributed by atoms with E-state index in [-0.39, 0.29) is 24.8 Å². The Labute approximate surface area is 127 Å². The first-order valence-electron chi connectivity index (χ1n) is 7.31. The molecular formula is C15H18N2O5. The van der Waals surface area contributed by atoms with Crippen molar-refractivity contribution in [3.8, 4) is 0 Å². The predicted octanol–water partition coefficient (Wildman–Crippen LogP) is 0.609. The molecule has 22 heavy (non-hydrogen) atoms. The number of hydrogen-bond acceptors (Lipinski definition) is 4. The van der Waals surface area contributed by atoms with Gasteiger partial charge in [-0.3, -0.25) is 14.4 Å². The Balaban J connectivity index is 1.52. The summed E-state index contributed by atoms with van der Waals surface area (Å²) in [4.78, 5) is 36.7. The minimum Gasteiger partial charge on any atom is -0.481 e. The van der Waals surface area contributed by atoms with E-state index in [4.69, 9.17) is 9.52 Å². The highest BCUT2D eigenvalue weighted by molar-refractivity contribution is 5.89. The smallest absolute Gasteiger partial charge is 0.311 e. The highest BCUT2D eigenvalue weighted by Crippen LogP contribution is 2.45. The summed E-state index contributed by atoms with van der Waals surface area (Å²) in [7, 11) is 0. The first-order chi connectivity index (χ1) is 10.5. The van der Waals surface area contributed by atoms with E-state index in [0.717, 1.165) is 0 Å². The van der Waals surface area contributed by atoms with Gasteiger partial charge in [-0.1, -0.05) is 0 Å². The van der Waals surface area contributed by atoms with Crippen LogP contribution in [0.1, 0.15) is 25.0 Å². The molecule has 118 valence electrons. The Morgan fingerprint density at radius 3 is 2.82 bits per heavy atom. The van der Waals surface area contributed by atoms with Gasteiger partial charge in [-0.15, -0.1) is 0 Å². The molecule has 2 aliphatic rings. The van der Waals surface area contributed by atoms with Gasteiger partial charge in [0.15, 0.2) is 0 Å². The van der Waals surface area contributed by atoms with Crippen LogP contribution in [-0.4, -0.2) is 40.9 Å². The van der Waals surface area contributed by atoms with Crippen LogP contribution in [0.25, 0.3) is 0 Å². The van der Waals surface area contributed by atoms with E-state index in [1.165, 1.54) is 0 Å². The van der Waals surface area contributed by atoms with Gasteiger partial charge in [-0.25, -0.2) is 0 Å². The molecule has 2 fully saturated rings. The van der Waals surface area contributed by atoms with Crippen LogP contribution in [0.3, 0.4) is 0 Å². The topological polar surface area (TPSA) is 99.8 Å². The van der Waals surface area contributed by atoms with Gasteiger partial charge < -0.3 is 19.7 Å². The van der Waals surface area contributed by atoms with Crippen LogP contribution in [-0.2, 0) is 20.9 Å². The molecule has 1 aromatic rings. The molecule has 0 spiro atoms. The van der Waals surface area contributed by atoms with Crippen LogP contribution in [0.2, 0.25) is 0 Å². The Morgan fingerprint density at radius 2 is 2.23 bits per heavy atom. The summed E-state index contributed by atoms with van der Waals surface area (Å²) in [6.45, 7) is 0.837. The second kappa shape index (κ2) is 5.47. The van der Waals surface area contributed by atoms with Crippen LogP contribution in [0.15, 0.2) is 22.8 Å². The summed E-state index contributed by atoms with van der Waals surface area (Å²) in [5, 5.41) is 11.8. The number of likely N-dealkylation sites (tertiary alicyclic amines) is 1. The molecule has 1 unspecified atom stereocenters. The third-order valence-electron chi connectivity index (χ3n) is 4.42. The fraction of sp³-hybridized carbons (Fsp3) is 0.533. The summed E-state index contributed by atoms with van der Waals surface area (Å²) in [6, 6.07) is 3.53. The van der Waals surface area contributed by atoms with Crippen molar-refractivity contribution in [3.63, 3.8) is 0 Å². The first kappa shape index (κ1) is 14.6. The zero-order chi connectivity index (χ0) is 15.7. The largest absolute Gasteiger partial charge is 0.481 e. The minimum absolute atomic E-state index is 0.0871. The summed E-state index contributed by atoms with van der Waals surface area (Å²) >= 11 is 0. The lowest BCUT2D eigenvalue weighted by atomic mass is 10.1. The molecular weight excluding hydrogens is 288 g/mol. The Bertz CT molecular complexity index is 591. The lowest BCUT2D eigenvalue weighted by molar-refractivity contribution is -0.143. The average Bonchev–Trinajstić information content (AvgIpc) is 2.95. The highest BCUT2D eigenvalue weighted by atomic mass is 16.4. The van der Waals surface area contributed by atoms with E-state index in [2.05, 4.69) is 5.32 Å². The number of nitrogens with zero attached hydrogens (tertiary/aromatic N) is 1. The third kappa shape index (κ3) is 2.84. The molecule has 7 nitrogen and oxygen atoms in total. The van der Waals surface area contributed by atoms with E-state index in [9.17, 15) is 14.4 Å². The van der Waals surface area contributed by atoms with Gasteiger partial charge in [-0.05, 0) is 25.0 Å². The number of nitrogens with one attached hydrogen (secondary N) is 1. The molecule has 0 aromatic carbocycles. The van der Waals surface area contributed by atoms with Crippen molar-refractivity contribution in [3.05, 3.63) is 24.2 Å². The van der Waals surface area contributed by atoms with Gasteiger partial charge >= 0.3 is 5.97 Å².